The van der Waals surface area contributed by atoms with Crippen LogP contribution in [0.1, 0.15) is 23.2 Å². The molecule has 6 rings (SSSR count). The van der Waals surface area contributed by atoms with E-state index >= 15 is 0 Å². The molecule has 0 saturated carbocycles. The first-order valence-corrected chi connectivity index (χ1v) is 12.2. The molecule has 1 N–H and O–H groups in total. The van der Waals surface area contributed by atoms with Gasteiger partial charge in [0.05, 0.1) is 29.7 Å². The van der Waals surface area contributed by atoms with Gasteiger partial charge in [-0.25, -0.2) is 18.7 Å². The fourth-order valence-corrected chi connectivity index (χ4v) is 4.79. The smallest absolute Gasteiger partial charge is 0.264 e. The average molecular weight is 514 g/mol. The van der Waals surface area contributed by atoms with Crippen LogP contribution in [0.15, 0.2) is 84.3 Å². The predicted molar refractivity (Wildman–Crippen MR) is 137 cm³/mol. The molecule has 1 aliphatic rings. The van der Waals surface area contributed by atoms with E-state index in [2.05, 4.69) is 15.2 Å². The van der Waals surface area contributed by atoms with Gasteiger partial charge >= 0.3 is 0 Å². The molecule has 2 aromatic carbocycles. The van der Waals surface area contributed by atoms with Gasteiger partial charge in [-0.2, -0.15) is 10.2 Å². The number of benzene rings is 2. The first kappa shape index (κ1) is 23.7. The van der Waals surface area contributed by atoms with Gasteiger partial charge in [-0.15, -0.1) is 0 Å². The van der Waals surface area contributed by atoms with Gasteiger partial charge in [0.1, 0.15) is 17.5 Å². The molecule has 0 unspecified atom stereocenters. The molecule has 0 bridgehead atoms. The molecule has 0 atom stereocenters. The van der Waals surface area contributed by atoms with E-state index in [0.717, 1.165) is 5.69 Å². The lowest BCUT2D eigenvalue weighted by molar-refractivity contribution is -0.0299. The molecule has 0 radical (unpaired) electrons. The zero-order valence-corrected chi connectivity index (χ0v) is 20.3. The molecule has 1 amide bonds. The van der Waals surface area contributed by atoms with E-state index in [9.17, 15) is 19.1 Å². The van der Waals surface area contributed by atoms with Crippen LogP contribution in [-0.2, 0) is 6.54 Å². The van der Waals surface area contributed by atoms with Gasteiger partial charge in [0.25, 0.3) is 11.5 Å². The Balaban J connectivity index is 1.14. The Bertz CT molecular complexity index is 1650. The number of aromatic nitrogens is 6. The van der Waals surface area contributed by atoms with E-state index in [-0.39, 0.29) is 23.8 Å². The Labute approximate surface area is 216 Å². The summed E-state index contributed by atoms with van der Waals surface area (Å²) in [4.78, 5) is 32.3. The van der Waals surface area contributed by atoms with Crippen LogP contribution in [0.2, 0.25) is 0 Å². The van der Waals surface area contributed by atoms with Crippen LogP contribution in [0, 0.1) is 5.82 Å². The Morgan fingerprint density at radius 3 is 2.39 bits per heavy atom. The highest BCUT2D eigenvalue weighted by Crippen LogP contribution is 2.25. The second kappa shape index (κ2) is 9.34. The molecule has 0 aliphatic carbocycles. The lowest BCUT2D eigenvalue weighted by atomic mass is 9.91. The van der Waals surface area contributed by atoms with Crippen LogP contribution >= 0.6 is 0 Å². The standard InChI is InChI=1S/C27H24FN7O3/c28-20-4-8-22(9-5-20)35-24-23(16-31-35)26(37)33(18-29-24)17-27(38)10-14-32(15-11-27)25(36)19-2-6-21(7-3-19)34-13-1-12-30-34/h1-9,12-13,16,18,38H,10-11,14-15,17H2. The van der Waals surface area contributed by atoms with Crippen LogP contribution in [0.25, 0.3) is 22.4 Å². The monoisotopic (exact) mass is 513 g/mol. The lowest BCUT2D eigenvalue weighted by Gasteiger charge is -2.38. The van der Waals surface area contributed by atoms with Crippen molar-refractivity contribution in [3.8, 4) is 11.4 Å². The molecule has 192 valence electrons. The maximum Gasteiger partial charge on any atom is 0.264 e. The number of likely N-dealkylation sites (tertiary alicyclic amines) is 1. The lowest BCUT2D eigenvalue weighted by Crippen LogP contribution is -2.49. The minimum atomic E-state index is -1.16. The van der Waals surface area contributed by atoms with Crippen LogP contribution in [0.4, 0.5) is 4.39 Å². The molecule has 1 saturated heterocycles. The highest BCUT2D eigenvalue weighted by molar-refractivity contribution is 5.94. The van der Waals surface area contributed by atoms with Crippen LogP contribution in [0.3, 0.4) is 0 Å². The van der Waals surface area contributed by atoms with Gasteiger partial charge in [-0.3, -0.25) is 14.2 Å². The summed E-state index contributed by atoms with van der Waals surface area (Å²) in [6.45, 7) is 0.781. The van der Waals surface area contributed by atoms with Crippen molar-refractivity contribution < 1.29 is 14.3 Å². The minimum absolute atomic E-state index is 0.0527. The Morgan fingerprint density at radius 1 is 1.00 bits per heavy atom. The van der Waals surface area contributed by atoms with Gasteiger partial charge in [0, 0.05) is 31.0 Å². The van der Waals surface area contributed by atoms with Crippen molar-refractivity contribution >= 4 is 16.9 Å². The van der Waals surface area contributed by atoms with E-state index in [0.29, 0.717) is 48.2 Å². The van der Waals surface area contributed by atoms with E-state index in [1.165, 1.54) is 33.9 Å². The van der Waals surface area contributed by atoms with Gasteiger partial charge in [0.15, 0.2) is 5.65 Å². The summed E-state index contributed by atoms with van der Waals surface area (Å²) in [5, 5.41) is 20.0. The van der Waals surface area contributed by atoms with Gasteiger partial charge < -0.3 is 10.0 Å². The van der Waals surface area contributed by atoms with Crippen molar-refractivity contribution in [2.24, 2.45) is 0 Å². The van der Waals surface area contributed by atoms with Crippen molar-refractivity contribution in [2.75, 3.05) is 13.1 Å². The van der Waals surface area contributed by atoms with Crippen molar-refractivity contribution in [3.05, 3.63) is 101 Å². The van der Waals surface area contributed by atoms with Crippen molar-refractivity contribution in [3.63, 3.8) is 0 Å². The number of rotatable bonds is 5. The largest absolute Gasteiger partial charge is 0.388 e. The molecule has 38 heavy (non-hydrogen) atoms. The van der Waals surface area contributed by atoms with Crippen LogP contribution < -0.4 is 5.56 Å². The zero-order chi connectivity index (χ0) is 26.3. The predicted octanol–water partition coefficient (Wildman–Crippen LogP) is 2.57. The van der Waals surface area contributed by atoms with Crippen LogP contribution in [0.5, 0.6) is 0 Å². The maximum atomic E-state index is 13.3. The number of piperidine rings is 1. The molecule has 3 aromatic heterocycles. The molecule has 4 heterocycles. The fraction of sp³-hybridized carbons (Fsp3) is 0.222. The molecule has 10 nitrogen and oxygen atoms in total. The average Bonchev–Trinajstić information content (AvgIpc) is 3.62. The second-order valence-electron chi connectivity index (χ2n) is 9.46. The molecule has 1 fully saturated rings. The third-order valence-electron chi connectivity index (χ3n) is 6.95. The SMILES string of the molecule is O=C(c1ccc(-n2cccn2)cc1)N1CCC(O)(Cn2cnc3c(cnn3-c3ccc(F)cc3)c2=O)CC1. The summed E-state index contributed by atoms with van der Waals surface area (Å²) in [5.41, 5.74) is 0.871. The quantitative estimate of drug-likeness (QED) is 0.387. The van der Waals surface area contributed by atoms with Gasteiger partial charge in [-0.05, 0) is 67.4 Å². The minimum Gasteiger partial charge on any atom is -0.388 e. The molecule has 5 aromatic rings. The number of halogens is 1. The number of nitrogens with zero attached hydrogens (tertiary/aromatic N) is 7. The summed E-state index contributed by atoms with van der Waals surface area (Å²) in [6.07, 6.45) is 6.99. The summed E-state index contributed by atoms with van der Waals surface area (Å²) >= 11 is 0. The Kier molecular flexibility index (Phi) is 5.84. The topological polar surface area (TPSA) is 111 Å². The van der Waals surface area contributed by atoms with Crippen LogP contribution in [-0.4, -0.2) is 63.7 Å². The fourth-order valence-electron chi connectivity index (χ4n) is 4.79. The van der Waals surface area contributed by atoms with Crippen molar-refractivity contribution in [1.29, 1.82) is 0 Å². The number of aliphatic hydroxyl groups is 1. The van der Waals surface area contributed by atoms with E-state index in [4.69, 9.17) is 0 Å². The normalized spacial score (nSPS) is 15.2. The molecular weight excluding hydrogens is 489 g/mol. The number of fused-ring (bicyclic) bond motifs is 1. The van der Waals surface area contributed by atoms with Gasteiger partial charge in [-0.1, -0.05) is 0 Å². The first-order chi connectivity index (χ1) is 18.4. The van der Waals surface area contributed by atoms with Crippen molar-refractivity contribution in [2.45, 2.75) is 25.0 Å². The second-order valence-corrected chi connectivity index (χ2v) is 9.46. The molecular formula is C27H24FN7O3. The number of amides is 1. The number of carbonyl (C=O) groups is 1. The third kappa shape index (κ3) is 4.37. The van der Waals surface area contributed by atoms with E-state index in [1.54, 1.807) is 40.0 Å². The number of hydrogen-bond donors (Lipinski definition) is 1. The first-order valence-electron chi connectivity index (χ1n) is 12.2. The summed E-state index contributed by atoms with van der Waals surface area (Å²) in [5.74, 6) is -0.475. The van der Waals surface area contributed by atoms with Gasteiger partial charge in [0.2, 0.25) is 0 Å². The molecule has 11 heteroatoms. The number of carbonyl (C=O) groups excluding carboxylic acids is 1. The Morgan fingerprint density at radius 2 is 1.71 bits per heavy atom. The van der Waals surface area contributed by atoms with E-state index in [1.807, 2.05) is 24.4 Å². The summed E-state index contributed by atoms with van der Waals surface area (Å²) in [7, 11) is 0. The number of hydrogen-bond acceptors (Lipinski definition) is 6. The highest BCUT2D eigenvalue weighted by Gasteiger charge is 2.35. The highest BCUT2D eigenvalue weighted by atomic mass is 19.1. The zero-order valence-electron chi connectivity index (χ0n) is 20.3. The maximum absolute atomic E-state index is 13.3. The van der Waals surface area contributed by atoms with Crippen molar-refractivity contribution in [1.82, 2.24) is 34.0 Å². The summed E-state index contributed by atoms with van der Waals surface area (Å²) < 4.78 is 17.9. The molecule has 0 spiro atoms. The molecule has 1 aliphatic heterocycles. The summed E-state index contributed by atoms with van der Waals surface area (Å²) in [6, 6.07) is 14.8. The third-order valence-corrected chi connectivity index (χ3v) is 6.95. The van der Waals surface area contributed by atoms with E-state index < -0.39 is 5.60 Å². The Hall–Kier alpha value is -4.64.